The van der Waals surface area contributed by atoms with Crippen LogP contribution in [0.15, 0.2) is 24.3 Å². The Hall–Kier alpha value is -0.890. The third-order valence-corrected chi connectivity index (χ3v) is 4.47. The number of β-amino-alcohol motifs (C(OH)–C–C–N with tert-alkyl or cyclic N) is 1. The molecule has 2 fully saturated rings. The zero-order valence-electron chi connectivity index (χ0n) is 14.1. The molecule has 0 spiro atoms. The topological polar surface area (TPSA) is 73.8 Å². The Labute approximate surface area is 161 Å². The van der Waals surface area contributed by atoms with Crippen LogP contribution in [0.2, 0.25) is 0 Å². The highest BCUT2D eigenvalue weighted by molar-refractivity contribution is 5.95. The summed E-state index contributed by atoms with van der Waals surface area (Å²) in [4.78, 5) is 14.5. The predicted octanol–water partition coefficient (Wildman–Crippen LogP) is 1.07. The zero-order valence-corrected chi connectivity index (χ0v) is 15.8. The third kappa shape index (κ3) is 6.73. The number of amides is 1. The van der Waals surface area contributed by atoms with Crippen LogP contribution in [0.25, 0.3) is 0 Å². The van der Waals surface area contributed by atoms with Gasteiger partial charge in [0.15, 0.2) is 0 Å². The van der Waals surface area contributed by atoms with Crippen LogP contribution in [-0.2, 0) is 16.0 Å². The molecule has 2 aliphatic heterocycles. The second-order valence-corrected chi connectivity index (χ2v) is 6.24. The van der Waals surface area contributed by atoms with Crippen LogP contribution < -0.4 is 10.6 Å². The fourth-order valence-corrected chi connectivity index (χ4v) is 3.01. The number of hydrogen-bond donors (Lipinski definition) is 3. The summed E-state index contributed by atoms with van der Waals surface area (Å²) in [5.74, 6) is -0.0809. The van der Waals surface area contributed by atoms with Crippen molar-refractivity contribution in [3.63, 3.8) is 0 Å². The SMILES string of the molecule is Cl.Cl.O=C(Nc1ccc(CCN2CCOCC2)cc1)C1CC(O)CN1. The number of halogens is 2. The van der Waals surface area contributed by atoms with E-state index in [-0.39, 0.29) is 36.8 Å². The Bertz CT molecular complexity index is 524. The van der Waals surface area contributed by atoms with E-state index in [9.17, 15) is 9.90 Å². The summed E-state index contributed by atoms with van der Waals surface area (Å²) in [6.45, 7) is 5.20. The van der Waals surface area contributed by atoms with Crippen molar-refractivity contribution in [3.05, 3.63) is 29.8 Å². The predicted molar refractivity (Wildman–Crippen MR) is 103 cm³/mol. The maximum Gasteiger partial charge on any atom is 0.241 e. The molecule has 3 N–H and O–H groups in total. The molecule has 3 rings (SSSR count). The number of benzene rings is 1. The Kier molecular flexibility index (Phi) is 9.71. The van der Waals surface area contributed by atoms with Crippen molar-refractivity contribution in [1.82, 2.24) is 10.2 Å². The maximum atomic E-state index is 12.1. The molecular formula is C17H27Cl2N3O3. The van der Waals surface area contributed by atoms with Gasteiger partial charge in [0.2, 0.25) is 5.91 Å². The molecule has 2 heterocycles. The van der Waals surface area contributed by atoms with Crippen LogP contribution in [0, 0.1) is 0 Å². The van der Waals surface area contributed by atoms with Crippen LogP contribution in [0.4, 0.5) is 5.69 Å². The van der Waals surface area contributed by atoms with Crippen molar-refractivity contribution in [2.75, 3.05) is 44.7 Å². The van der Waals surface area contributed by atoms with Crippen molar-refractivity contribution >= 4 is 36.4 Å². The van der Waals surface area contributed by atoms with Gasteiger partial charge in [0.1, 0.15) is 0 Å². The Morgan fingerprint density at radius 2 is 1.92 bits per heavy atom. The fraction of sp³-hybridized carbons (Fsp3) is 0.588. The molecule has 0 aliphatic carbocycles. The average Bonchev–Trinajstić information content (AvgIpc) is 3.02. The summed E-state index contributed by atoms with van der Waals surface area (Å²) in [7, 11) is 0. The van der Waals surface area contributed by atoms with E-state index < -0.39 is 6.10 Å². The molecule has 0 radical (unpaired) electrons. The quantitative estimate of drug-likeness (QED) is 0.699. The summed E-state index contributed by atoms with van der Waals surface area (Å²) in [5, 5.41) is 15.4. The molecule has 142 valence electrons. The van der Waals surface area contributed by atoms with Crippen molar-refractivity contribution in [3.8, 4) is 0 Å². The molecular weight excluding hydrogens is 365 g/mol. The number of carbonyl (C=O) groups is 1. The molecule has 0 saturated carbocycles. The number of nitrogens with zero attached hydrogens (tertiary/aromatic N) is 1. The van der Waals surface area contributed by atoms with Gasteiger partial charge in [-0.2, -0.15) is 0 Å². The molecule has 1 aromatic carbocycles. The standard InChI is InChI=1S/C17H25N3O3.2ClH/c21-15-11-16(18-12-15)17(22)19-14-3-1-13(2-4-14)5-6-20-7-9-23-10-8-20;;/h1-4,15-16,18,21H,5-12H2,(H,19,22);2*1H. The second-order valence-electron chi connectivity index (χ2n) is 6.24. The van der Waals surface area contributed by atoms with Crippen LogP contribution >= 0.6 is 24.8 Å². The Balaban J connectivity index is 0.00000156. The van der Waals surface area contributed by atoms with E-state index in [1.54, 1.807) is 0 Å². The van der Waals surface area contributed by atoms with Gasteiger partial charge in [-0.1, -0.05) is 12.1 Å². The lowest BCUT2D eigenvalue weighted by molar-refractivity contribution is -0.117. The van der Waals surface area contributed by atoms with E-state index >= 15 is 0 Å². The first-order valence-electron chi connectivity index (χ1n) is 8.32. The Morgan fingerprint density at radius 3 is 2.52 bits per heavy atom. The monoisotopic (exact) mass is 391 g/mol. The molecule has 2 saturated heterocycles. The highest BCUT2D eigenvalue weighted by atomic mass is 35.5. The minimum Gasteiger partial charge on any atom is -0.392 e. The van der Waals surface area contributed by atoms with Gasteiger partial charge in [0.25, 0.3) is 0 Å². The van der Waals surface area contributed by atoms with Crippen molar-refractivity contribution in [1.29, 1.82) is 0 Å². The molecule has 25 heavy (non-hydrogen) atoms. The number of morpholine rings is 1. The van der Waals surface area contributed by atoms with E-state index in [1.165, 1.54) is 5.56 Å². The Morgan fingerprint density at radius 1 is 1.24 bits per heavy atom. The van der Waals surface area contributed by atoms with Gasteiger partial charge in [0, 0.05) is 31.9 Å². The number of carbonyl (C=O) groups excluding carboxylic acids is 1. The number of aliphatic hydroxyl groups excluding tert-OH is 1. The van der Waals surface area contributed by atoms with Gasteiger partial charge in [-0.25, -0.2) is 0 Å². The van der Waals surface area contributed by atoms with Crippen LogP contribution in [0.1, 0.15) is 12.0 Å². The van der Waals surface area contributed by atoms with Gasteiger partial charge < -0.3 is 20.5 Å². The van der Waals surface area contributed by atoms with E-state index in [0.29, 0.717) is 13.0 Å². The average molecular weight is 392 g/mol. The van der Waals surface area contributed by atoms with Gasteiger partial charge >= 0.3 is 0 Å². The van der Waals surface area contributed by atoms with Crippen molar-refractivity contribution in [2.45, 2.75) is 25.0 Å². The fourth-order valence-electron chi connectivity index (χ4n) is 3.01. The number of aliphatic hydroxyl groups is 1. The summed E-state index contributed by atoms with van der Waals surface area (Å²) < 4.78 is 5.35. The van der Waals surface area contributed by atoms with Gasteiger partial charge in [-0.05, 0) is 30.5 Å². The molecule has 0 bridgehead atoms. The normalized spacial score (nSPS) is 23.4. The summed E-state index contributed by atoms with van der Waals surface area (Å²) in [5.41, 5.74) is 2.07. The minimum atomic E-state index is -0.423. The lowest BCUT2D eigenvalue weighted by Gasteiger charge is -2.26. The van der Waals surface area contributed by atoms with E-state index in [2.05, 4.69) is 27.7 Å². The van der Waals surface area contributed by atoms with Gasteiger partial charge in [-0.3, -0.25) is 9.69 Å². The highest BCUT2D eigenvalue weighted by Crippen LogP contribution is 2.13. The molecule has 6 nitrogen and oxygen atoms in total. The molecule has 2 unspecified atom stereocenters. The zero-order chi connectivity index (χ0) is 16.1. The van der Waals surface area contributed by atoms with Crippen LogP contribution in [0.5, 0.6) is 0 Å². The molecule has 8 heteroatoms. The van der Waals surface area contributed by atoms with Crippen LogP contribution in [-0.4, -0.2) is 67.5 Å². The second kappa shape index (κ2) is 11.0. The van der Waals surface area contributed by atoms with Crippen molar-refractivity contribution in [2.24, 2.45) is 0 Å². The molecule has 2 atom stereocenters. The largest absolute Gasteiger partial charge is 0.392 e. The first-order chi connectivity index (χ1) is 11.2. The van der Waals surface area contributed by atoms with Gasteiger partial charge in [0.05, 0.1) is 25.4 Å². The lowest BCUT2D eigenvalue weighted by atomic mass is 10.1. The number of nitrogens with one attached hydrogen (secondary N) is 2. The van der Waals surface area contributed by atoms with Crippen molar-refractivity contribution < 1.29 is 14.6 Å². The molecule has 1 amide bonds. The van der Waals surface area contributed by atoms with Crippen LogP contribution in [0.3, 0.4) is 0 Å². The maximum absolute atomic E-state index is 12.1. The minimum absolute atomic E-state index is 0. The number of hydrogen-bond acceptors (Lipinski definition) is 5. The van der Waals surface area contributed by atoms with E-state index in [0.717, 1.165) is 45.0 Å². The first kappa shape index (κ1) is 22.2. The molecule has 0 aromatic heterocycles. The first-order valence-corrected chi connectivity index (χ1v) is 8.32. The summed E-state index contributed by atoms with van der Waals surface area (Å²) in [6, 6.07) is 7.71. The third-order valence-electron chi connectivity index (χ3n) is 4.47. The lowest BCUT2D eigenvalue weighted by Crippen LogP contribution is -2.37. The number of anilines is 1. The van der Waals surface area contributed by atoms with Gasteiger partial charge in [-0.15, -0.1) is 24.8 Å². The summed E-state index contributed by atoms with van der Waals surface area (Å²) >= 11 is 0. The van der Waals surface area contributed by atoms with E-state index in [1.807, 2.05) is 12.1 Å². The summed E-state index contributed by atoms with van der Waals surface area (Å²) in [6.07, 6.45) is 1.06. The highest BCUT2D eigenvalue weighted by Gasteiger charge is 2.27. The smallest absolute Gasteiger partial charge is 0.241 e. The van der Waals surface area contributed by atoms with E-state index in [4.69, 9.17) is 4.74 Å². The number of rotatable bonds is 5. The molecule has 1 aromatic rings. The number of ether oxygens (including phenoxy) is 1. The molecule has 2 aliphatic rings.